The Morgan fingerprint density at radius 2 is 2.14 bits per heavy atom. The molecule has 1 unspecified atom stereocenters. The van der Waals surface area contributed by atoms with E-state index in [1.165, 1.54) is 6.07 Å². The van der Waals surface area contributed by atoms with E-state index < -0.39 is 23.3 Å². The number of benzene rings is 1. The normalized spacial score (nSPS) is 19.3. The number of rotatable bonds is 4. The summed E-state index contributed by atoms with van der Waals surface area (Å²) in [6, 6.07) is 4.83. The molecular formula is C14H17N3O5. The lowest BCUT2D eigenvalue weighted by molar-refractivity contribution is -0.991. The summed E-state index contributed by atoms with van der Waals surface area (Å²) in [6.45, 7) is 3.42. The lowest BCUT2D eigenvalue weighted by Gasteiger charge is -2.29. The summed E-state index contributed by atoms with van der Waals surface area (Å²) in [6.07, 6.45) is 0. The summed E-state index contributed by atoms with van der Waals surface area (Å²) < 4.78 is 5.00. The van der Waals surface area contributed by atoms with Gasteiger partial charge in [-0.3, -0.25) is 0 Å². The Morgan fingerprint density at radius 1 is 1.45 bits per heavy atom. The summed E-state index contributed by atoms with van der Waals surface area (Å²) >= 11 is 0. The maximum absolute atomic E-state index is 12.2. The average Bonchev–Trinajstić information content (AvgIpc) is 2.46. The molecule has 2 rings (SSSR count). The van der Waals surface area contributed by atoms with Crippen LogP contribution in [0.4, 0.5) is 10.5 Å². The van der Waals surface area contributed by atoms with Gasteiger partial charge in [0.1, 0.15) is 0 Å². The van der Waals surface area contributed by atoms with Crippen molar-refractivity contribution in [1.82, 2.24) is 10.6 Å². The van der Waals surface area contributed by atoms with E-state index in [1.54, 1.807) is 32.0 Å². The van der Waals surface area contributed by atoms with E-state index in [9.17, 15) is 20.0 Å². The first kappa shape index (κ1) is 16.0. The van der Waals surface area contributed by atoms with Crippen molar-refractivity contribution in [2.45, 2.75) is 19.9 Å². The number of carbonyl (C=O) groups is 2. The molecule has 8 heteroatoms. The van der Waals surface area contributed by atoms with Crippen LogP contribution < -0.4 is 15.9 Å². The van der Waals surface area contributed by atoms with E-state index in [-0.39, 0.29) is 17.9 Å². The number of esters is 1. The molecule has 118 valence electrons. The van der Waals surface area contributed by atoms with Gasteiger partial charge in [-0.25, -0.2) is 14.8 Å². The van der Waals surface area contributed by atoms with Crippen molar-refractivity contribution in [3.8, 4) is 0 Å². The van der Waals surface area contributed by atoms with Crippen LogP contribution in [-0.4, -0.2) is 23.8 Å². The van der Waals surface area contributed by atoms with Crippen molar-refractivity contribution in [2.75, 3.05) is 6.61 Å². The van der Waals surface area contributed by atoms with Gasteiger partial charge in [-0.2, -0.15) is 5.23 Å². The zero-order valence-corrected chi connectivity index (χ0v) is 12.2. The van der Waals surface area contributed by atoms with Gasteiger partial charge in [0.2, 0.25) is 0 Å². The van der Waals surface area contributed by atoms with Gasteiger partial charge in [-0.1, -0.05) is 18.2 Å². The lowest BCUT2D eigenvalue weighted by Crippen LogP contribution is -2.99. The van der Waals surface area contributed by atoms with Crippen LogP contribution >= 0.6 is 0 Å². The van der Waals surface area contributed by atoms with Crippen molar-refractivity contribution in [2.24, 2.45) is 0 Å². The number of amides is 2. The molecule has 1 aromatic carbocycles. The minimum absolute atomic E-state index is 0.0179. The third-order valence-electron chi connectivity index (χ3n) is 3.27. The molecule has 1 heterocycles. The number of urea groups is 1. The minimum atomic E-state index is -1.13. The van der Waals surface area contributed by atoms with E-state index in [4.69, 9.17) is 4.74 Å². The highest BCUT2D eigenvalue weighted by Gasteiger charge is 2.34. The third kappa shape index (κ3) is 3.08. The molecule has 0 bridgehead atoms. The Bertz CT molecular complexity index is 627. The first-order valence-corrected chi connectivity index (χ1v) is 6.73. The molecule has 1 aromatic rings. The quantitative estimate of drug-likeness (QED) is 0.471. The van der Waals surface area contributed by atoms with E-state index in [1.807, 2.05) is 0 Å². The van der Waals surface area contributed by atoms with Crippen molar-refractivity contribution in [1.29, 1.82) is 0 Å². The van der Waals surface area contributed by atoms with Gasteiger partial charge in [0.25, 0.3) is 0 Å². The SMILES string of the molecule is CCOC(=O)C1=C(C)NC(=O)N[C@H]1c1ccccc1[NH+]([O-])O. The predicted octanol–water partition coefficient (Wildman–Crippen LogP) is 0.281. The average molecular weight is 307 g/mol. The van der Waals surface area contributed by atoms with Crippen LogP contribution in [-0.2, 0) is 9.53 Å². The Balaban J connectivity index is 2.53. The molecule has 8 nitrogen and oxygen atoms in total. The molecular weight excluding hydrogens is 290 g/mol. The molecule has 0 spiro atoms. The Labute approximate surface area is 126 Å². The van der Waals surface area contributed by atoms with Gasteiger partial charge in [-0.05, 0) is 13.8 Å². The van der Waals surface area contributed by atoms with E-state index >= 15 is 0 Å². The van der Waals surface area contributed by atoms with Crippen LogP contribution in [0.5, 0.6) is 0 Å². The summed E-state index contributed by atoms with van der Waals surface area (Å²) in [7, 11) is 0. The van der Waals surface area contributed by atoms with Gasteiger partial charge >= 0.3 is 12.0 Å². The number of hydrogen-bond acceptors (Lipinski definition) is 5. The summed E-state index contributed by atoms with van der Waals surface area (Å²) in [5.41, 5.74) is 0.874. The zero-order valence-electron chi connectivity index (χ0n) is 12.2. The van der Waals surface area contributed by atoms with Gasteiger partial charge in [0.15, 0.2) is 5.69 Å². The Kier molecular flexibility index (Phi) is 4.76. The monoisotopic (exact) mass is 307 g/mol. The number of quaternary nitrogens is 1. The summed E-state index contributed by atoms with van der Waals surface area (Å²) in [5.74, 6) is -0.599. The van der Waals surface area contributed by atoms with Crippen molar-refractivity contribution >= 4 is 17.7 Å². The molecule has 2 amide bonds. The van der Waals surface area contributed by atoms with Crippen molar-refractivity contribution < 1.29 is 24.8 Å². The van der Waals surface area contributed by atoms with Gasteiger partial charge in [-0.15, -0.1) is 0 Å². The van der Waals surface area contributed by atoms with E-state index in [0.29, 0.717) is 11.3 Å². The molecule has 4 N–H and O–H groups in total. The summed E-state index contributed by atoms with van der Waals surface area (Å²) in [5, 5.41) is 24.6. The van der Waals surface area contributed by atoms with E-state index in [0.717, 1.165) is 0 Å². The first-order valence-electron chi connectivity index (χ1n) is 6.73. The standard InChI is InChI=1S/C14H17N3O5/c1-3-22-13(18)11-8(2)15-14(19)16-12(11)9-6-4-5-7-10(9)17(20)21/h4-7,12,17,20H,3H2,1-2H3,(H2,15,16,19)/t12-/m0/s1. The van der Waals surface area contributed by atoms with E-state index in [2.05, 4.69) is 10.6 Å². The maximum atomic E-state index is 12.2. The molecule has 0 saturated carbocycles. The fraction of sp³-hybridized carbons (Fsp3) is 0.286. The molecule has 1 aliphatic heterocycles. The number of carbonyl (C=O) groups excluding carboxylic acids is 2. The van der Waals surface area contributed by atoms with Crippen LogP contribution in [0.25, 0.3) is 0 Å². The van der Waals surface area contributed by atoms with Crippen LogP contribution in [0.2, 0.25) is 0 Å². The molecule has 2 atom stereocenters. The second-order valence-corrected chi connectivity index (χ2v) is 4.68. The van der Waals surface area contributed by atoms with Crippen LogP contribution in [0, 0.1) is 5.21 Å². The largest absolute Gasteiger partial charge is 0.595 e. The van der Waals surface area contributed by atoms with Gasteiger partial charge < -0.3 is 20.6 Å². The molecule has 0 saturated heterocycles. The smallest absolute Gasteiger partial charge is 0.338 e. The van der Waals surface area contributed by atoms with Gasteiger partial charge in [0, 0.05) is 17.3 Å². The minimum Gasteiger partial charge on any atom is -0.595 e. The Morgan fingerprint density at radius 3 is 2.77 bits per heavy atom. The molecule has 1 aliphatic rings. The van der Waals surface area contributed by atoms with Crippen LogP contribution in [0.3, 0.4) is 0 Å². The van der Waals surface area contributed by atoms with Crippen LogP contribution in [0.1, 0.15) is 25.5 Å². The first-order chi connectivity index (χ1) is 10.5. The van der Waals surface area contributed by atoms with Crippen molar-refractivity contribution in [3.05, 3.63) is 46.3 Å². The Hall–Kier alpha value is -2.42. The molecule has 0 radical (unpaired) electrons. The molecule has 0 aliphatic carbocycles. The number of para-hydroxylation sites is 1. The highest BCUT2D eigenvalue weighted by atomic mass is 16.8. The lowest BCUT2D eigenvalue weighted by atomic mass is 9.94. The number of ether oxygens (including phenoxy) is 1. The highest BCUT2D eigenvalue weighted by molar-refractivity contribution is 5.95. The molecule has 0 aromatic heterocycles. The predicted molar refractivity (Wildman–Crippen MR) is 76.0 cm³/mol. The second kappa shape index (κ2) is 6.56. The number of hydrogen-bond donors (Lipinski definition) is 4. The fourth-order valence-electron chi connectivity index (χ4n) is 2.35. The zero-order chi connectivity index (χ0) is 16.3. The highest BCUT2D eigenvalue weighted by Crippen LogP contribution is 2.30. The maximum Gasteiger partial charge on any atom is 0.338 e. The summed E-state index contributed by atoms with van der Waals surface area (Å²) in [4.78, 5) is 23.9. The third-order valence-corrected chi connectivity index (χ3v) is 3.27. The topological polar surface area (TPSA) is 115 Å². The number of allylic oxidation sites excluding steroid dienone is 1. The van der Waals surface area contributed by atoms with Crippen LogP contribution in [0.15, 0.2) is 35.5 Å². The molecule has 22 heavy (non-hydrogen) atoms. The molecule has 0 fully saturated rings. The second-order valence-electron chi connectivity index (χ2n) is 4.68. The number of nitrogens with one attached hydrogen (secondary N) is 3. The van der Waals surface area contributed by atoms with Crippen molar-refractivity contribution in [3.63, 3.8) is 0 Å². The van der Waals surface area contributed by atoms with Gasteiger partial charge in [0.05, 0.1) is 18.2 Å². The fourth-order valence-corrected chi connectivity index (χ4v) is 2.35.